The van der Waals surface area contributed by atoms with Crippen molar-refractivity contribution in [3.63, 3.8) is 0 Å². The van der Waals surface area contributed by atoms with Gasteiger partial charge in [0.2, 0.25) is 0 Å². The summed E-state index contributed by atoms with van der Waals surface area (Å²) in [6.45, 7) is 12.7. The number of likely N-dealkylation sites (tertiary alicyclic amines) is 1. The molecule has 0 aliphatic carbocycles. The molecule has 1 heterocycles. The Morgan fingerprint density at radius 1 is 1.29 bits per heavy atom. The van der Waals surface area contributed by atoms with E-state index in [0.29, 0.717) is 0 Å². The topological polar surface area (TPSA) is 24.5 Å². The maximum Gasteiger partial charge on any atom is 0.0634 e. The standard InChI is InChI=1S/C14H30N2O/c1-13(12-16-9-5-6-10-16)11-15-8-7-14(2,3)17-4/h13,15H,5-12H2,1-4H3. The smallest absolute Gasteiger partial charge is 0.0634 e. The van der Waals surface area contributed by atoms with Crippen molar-refractivity contribution >= 4 is 0 Å². The Balaban J connectivity index is 2.01. The lowest BCUT2D eigenvalue weighted by molar-refractivity contribution is 0.0157. The first-order chi connectivity index (χ1) is 8.03. The fraction of sp³-hybridized carbons (Fsp3) is 1.00. The lowest BCUT2D eigenvalue weighted by Gasteiger charge is -2.24. The van der Waals surface area contributed by atoms with Gasteiger partial charge in [-0.2, -0.15) is 0 Å². The molecule has 0 bridgehead atoms. The van der Waals surface area contributed by atoms with Crippen LogP contribution in [0.2, 0.25) is 0 Å². The van der Waals surface area contributed by atoms with Crippen molar-refractivity contribution in [3.05, 3.63) is 0 Å². The van der Waals surface area contributed by atoms with Crippen LogP contribution in [0.5, 0.6) is 0 Å². The number of nitrogens with zero attached hydrogens (tertiary/aromatic N) is 1. The molecule has 1 fully saturated rings. The average Bonchev–Trinajstić information content (AvgIpc) is 2.77. The molecule has 17 heavy (non-hydrogen) atoms. The maximum atomic E-state index is 5.40. The van der Waals surface area contributed by atoms with Crippen molar-refractivity contribution in [1.29, 1.82) is 0 Å². The van der Waals surface area contributed by atoms with Crippen LogP contribution in [0.4, 0.5) is 0 Å². The molecule has 1 rings (SSSR count). The third-order valence-electron chi connectivity index (χ3n) is 3.72. The van der Waals surface area contributed by atoms with Crippen LogP contribution in [0.1, 0.15) is 40.0 Å². The maximum absolute atomic E-state index is 5.40. The van der Waals surface area contributed by atoms with E-state index in [4.69, 9.17) is 4.74 Å². The second-order valence-electron chi connectivity index (χ2n) is 6.03. The summed E-state index contributed by atoms with van der Waals surface area (Å²) in [6.07, 6.45) is 3.85. The molecule has 1 saturated heterocycles. The van der Waals surface area contributed by atoms with Crippen LogP contribution in [0.25, 0.3) is 0 Å². The first-order valence-corrected chi connectivity index (χ1v) is 7.02. The summed E-state index contributed by atoms with van der Waals surface area (Å²) in [6, 6.07) is 0. The summed E-state index contributed by atoms with van der Waals surface area (Å²) in [5.74, 6) is 0.749. The quantitative estimate of drug-likeness (QED) is 0.660. The fourth-order valence-corrected chi connectivity index (χ4v) is 2.31. The number of ether oxygens (including phenoxy) is 1. The molecule has 1 N–H and O–H groups in total. The van der Waals surface area contributed by atoms with Crippen molar-refractivity contribution in [1.82, 2.24) is 10.2 Å². The Kier molecular flexibility index (Phi) is 6.45. The van der Waals surface area contributed by atoms with E-state index in [1.54, 1.807) is 7.11 Å². The Morgan fingerprint density at radius 3 is 2.53 bits per heavy atom. The SMILES string of the molecule is COC(C)(C)CCNCC(C)CN1CCCC1. The highest BCUT2D eigenvalue weighted by atomic mass is 16.5. The Hall–Kier alpha value is -0.120. The zero-order valence-corrected chi connectivity index (χ0v) is 12.1. The van der Waals surface area contributed by atoms with Gasteiger partial charge in [-0.25, -0.2) is 0 Å². The van der Waals surface area contributed by atoms with Gasteiger partial charge in [0.1, 0.15) is 0 Å². The van der Waals surface area contributed by atoms with Gasteiger partial charge in [0.05, 0.1) is 5.60 Å². The normalized spacial score (nSPS) is 19.8. The monoisotopic (exact) mass is 242 g/mol. The third kappa shape index (κ3) is 6.39. The summed E-state index contributed by atoms with van der Waals surface area (Å²) < 4.78 is 5.40. The van der Waals surface area contributed by atoms with Gasteiger partial charge >= 0.3 is 0 Å². The molecular formula is C14H30N2O. The second-order valence-corrected chi connectivity index (χ2v) is 6.03. The minimum absolute atomic E-state index is 0.00515. The average molecular weight is 242 g/mol. The van der Waals surface area contributed by atoms with E-state index in [9.17, 15) is 0 Å². The van der Waals surface area contributed by atoms with E-state index in [1.807, 2.05) is 0 Å². The van der Waals surface area contributed by atoms with Crippen LogP contribution in [0.3, 0.4) is 0 Å². The largest absolute Gasteiger partial charge is 0.379 e. The summed E-state index contributed by atoms with van der Waals surface area (Å²) >= 11 is 0. The van der Waals surface area contributed by atoms with Crippen LogP contribution in [-0.2, 0) is 4.74 Å². The molecule has 1 aliphatic heterocycles. The van der Waals surface area contributed by atoms with E-state index >= 15 is 0 Å². The Bertz CT molecular complexity index is 200. The van der Waals surface area contributed by atoms with Crippen molar-refractivity contribution in [2.75, 3.05) is 39.8 Å². The fourth-order valence-electron chi connectivity index (χ4n) is 2.31. The Morgan fingerprint density at radius 2 is 1.94 bits per heavy atom. The minimum atomic E-state index is 0.00515. The van der Waals surface area contributed by atoms with Crippen LogP contribution in [0, 0.1) is 5.92 Å². The highest BCUT2D eigenvalue weighted by Gasteiger charge is 2.16. The van der Waals surface area contributed by atoms with Gasteiger partial charge < -0.3 is 15.0 Å². The van der Waals surface area contributed by atoms with Gasteiger partial charge in [0, 0.05) is 13.7 Å². The molecule has 102 valence electrons. The van der Waals surface area contributed by atoms with Gasteiger partial charge in [-0.3, -0.25) is 0 Å². The number of rotatable bonds is 8. The number of hydrogen-bond acceptors (Lipinski definition) is 3. The summed E-state index contributed by atoms with van der Waals surface area (Å²) in [7, 11) is 1.79. The van der Waals surface area contributed by atoms with Gasteiger partial charge in [0.15, 0.2) is 0 Å². The van der Waals surface area contributed by atoms with Crippen LogP contribution in [-0.4, -0.2) is 50.3 Å². The number of methoxy groups -OCH3 is 1. The summed E-state index contributed by atoms with van der Waals surface area (Å²) in [4.78, 5) is 2.59. The van der Waals surface area contributed by atoms with Gasteiger partial charge in [-0.05, 0) is 65.2 Å². The highest BCUT2D eigenvalue weighted by molar-refractivity contribution is 4.72. The van der Waals surface area contributed by atoms with E-state index < -0.39 is 0 Å². The molecule has 1 atom stereocenters. The van der Waals surface area contributed by atoms with Gasteiger partial charge in [-0.1, -0.05) is 6.92 Å². The minimum Gasteiger partial charge on any atom is -0.379 e. The highest BCUT2D eigenvalue weighted by Crippen LogP contribution is 2.12. The molecule has 1 unspecified atom stereocenters. The second kappa shape index (κ2) is 7.34. The zero-order chi connectivity index (χ0) is 12.7. The van der Waals surface area contributed by atoms with Crippen LogP contribution >= 0.6 is 0 Å². The van der Waals surface area contributed by atoms with Crippen molar-refractivity contribution in [2.45, 2.75) is 45.6 Å². The molecular weight excluding hydrogens is 212 g/mol. The predicted octanol–water partition coefficient (Wildman–Crippen LogP) is 2.12. The number of nitrogens with one attached hydrogen (secondary N) is 1. The van der Waals surface area contributed by atoms with Crippen molar-refractivity contribution in [3.8, 4) is 0 Å². The van der Waals surface area contributed by atoms with E-state index in [0.717, 1.165) is 25.4 Å². The van der Waals surface area contributed by atoms with E-state index in [-0.39, 0.29) is 5.60 Å². The first kappa shape index (κ1) is 14.9. The zero-order valence-electron chi connectivity index (χ0n) is 12.1. The molecule has 1 aliphatic rings. The summed E-state index contributed by atoms with van der Waals surface area (Å²) in [5, 5.41) is 3.54. The van der Waals surface area contributed by atoms with E-state index in [2.05, 4.69) is 31.0 Å². The Labute approximate surface area is 107 Å². The first-order valence-electron chi connectivity index (χ1n) is 7.02. The summed E-state index contributed by atoms with van der Waals surface area (Å²) in [5.41, 5.74) is 0.00515. The molecule has 0 spiro atoms. The number of hydrogen-bond donors (Lipinski definition) is 1. The van der Waals surface area contributed by atoms with Gasteiger partial charge in [0.25, 0.3) is 0 Å². The van der Waals surface area contributed by atoms with Crippen molar-refractivity contribution in [2.24, 2.45) is 5.92 Å². The lowest BCUT2D eigenvalue weighted by atomic mass is 10.1. The van der Waals surface area contributed by atoms with Crippen LogP contribution in [0.15, 0.2) is 0 Å². The van der Waals surface area contributed by atoms with Gasteiger partial charge in [-0.15, -0.1) is 0 Å². The molecule has 0 radical (unpaired) electrons. The molecule has 3 heteroatoms. The molecule has 0 saturated carbocycles. The molecule has 0 aromatic rings. The molecule has 0 amide bonds. The third-order valence-corrected chi connectivity index (χ3v) is 3.72. The molecule has 0 aromatic heterocycles. The van der Waals surface area contributed by atoms with Crippen molar-refractivity contribution < 1.29 is 4.74 Å². The predicted molar refractivity (Wildman–Crippen MR) is 73.4 cm³/mol. The van der Waals surface area contributed by atoms with Crippen LogP contribution < -0.4 is 5.32 Å². The lowest BCUT2D eigenvalue weighted by Crippen LogP contribution is -2.34. The molecule has 3 nitrogen and oxygen atoms in total. The molecule has 0 aromatic carbocycles. The van der Waals surface area contributed by atoms with E-state index in [1.165, 1.54) is 32.5 Å².